The SMILES string of the molecule is CC[C@H]1OC(=O)[C@H](C)C[C@H](C)C(OC2O[C@H](CC[C@H]3C[C@](C)(OC)C[C@H](O)O3)C=C[C@H]2O)[C@](C)(OC)C[C@@H](C)C(=O)[C@H](C)[C@@H](O)[C@]1(C)O. The molecule has 15 atom stereocenters. The summed E-state index contributed by atoms with van der Waals surface area (Å²) in [5.74, 6) is -3.34. The van der Waals surface area contributed by atoms with Crippen molar-refractivity contribution in [3.8, 4) is 0 Å². The average Bonchev–Trinajstić information content (AvgIpc) is 3.03. The molecule has 0 aliphatic carbocycles. The Kier molecular flexibility index (Phi) is 14.2. The quantitative estimate of drug-likeness (QED) is 0.217. The summed E-state index contributed by atoms with van der Waals surface area (Å²) < 4.78 is 36.1. The topological polar surface area (TPSA) is 170 Å². The van der Waals surface area contributed by atoms with Crippen LogP contribution in [0.5, 0.6) is 0 Å². The van der Waals surface area contributed by atoms with Crippen LogP contribution in [0.25, 0.3) is 0 Å². The van der Waals surface area contributed by atoms with Gasteiger partial charge in [0.15, 0.2) is 12.6 Å². The maximum Gasteiger partial charge on any atom is 0.309 e. The van der Waals surface area contributed by atoms with Crippen LogP contribution in [0, 0.1) is 23.7 Å². The lowest BCUT2D eigenvalue weighted by molar-refractivity contribution is -0.270. The van der Waals surface area contributed by atoms with Gasteiger partial charge in [-0.1, -0.05) is 46.8 Å². The molecule has 0 spiro atoms. The molecule has 2 unspecified atom stereocenters. The minimum absolute atomic E-state index is 0.203. The second-order valence-electron chi connectivity index (χ2n) is 15.3. The molecule has 3 aliphatic heterocycles. The number of aliphatic hydroxyl groups is 4. The number of carbonyl (C=O) groups excluding carboxylic acids is 2. The monoisotopic (exact) mass is 686 g/mol. The fourth-order valence-electron chi connectivity index (χ4n) is 7.84. The Bertz CT molecular complexity index is 1100. The van der Waals surface area contributed by atoms with Gasteiger partial charge in [0, 0.05) is 38.9 Å². The van der Waals surface area contributed by atoms with E-state index in [2.05, 4.69) is 0 Å². The molecule has 0 amide bonds. The summed E-state index contributed by atoms with van der Waals surface area (Å²) in [5.41, 5.74) is -3.43. The lowest BCUT2D eigenvalue weighted by atomic mass is 9.74. The summed E-state index contributed by atoms with van der Waals surface area (Å²) in [7, 11) is 3.16. The molecule has 0 aromatic rings. The summed E-state index contributed by atoms with van der Waals surface area (Å²) in [6.45, 7) is 13.9. The predicted molar refractivity (Wildman–Crippen MR) is 177 cm³/mol. The summed E-state index contributed by atoms with van der Waals surface area (Å²) >= 11 is 0. The Morgan fingerprint density at radius 2 is 1.56 bits per heavy atom. The zero-order valence-corrected chi connectivity index (χ0v) is 30.6. The summed E-state index contributed by atoms with van der Waals surface area (Å²) in [6, 6.07) is 0. The largest absolute Gasteiger partial charge is 0.459 e. The van der Waals surface area contributed by atoms with E-state index in [9.17, 15) is 30.0 Å². The van der Waals surface area contributed by atoms with Gasteiger partial charge < -0.3 is 48.8 Å². The van der Waals surface area contributed by atoms with Crippen molar-refractivity contribution in [2.45, 2.75) is 166 Å². The third kappa shape index (κ3) is 9.64. The van der Waals surface area contributed by atoms with Crippen molar-refractivity contribution < 1.29 is 58.4 Å². The van der Waals surface area contributed by atoms with Gasteiger partial charge in [-0.2, -0.15) is 0 Å². The molecule has 0 bridgehead atoms. The van der Waals surface area contributed by atoms with Crippen molar-refractivity contribution in [2.75, 3.05) is 14.2 Å². The average molecular weight is 687 g/mol. The predicted octanol–water partition coefficient (Wildman–Crippen LogP) is 3.44. The first-order valence-corrected chi connectivity index (χ1v) is 17.6. The van der Waals surface area contributed by atoms with Gasteiger partial charge in [0.1, 0.15) is 23.6 Å². The standard InChI is InChI=1S/C36H62O12/c1-11-27-36(8,42)30(40)23(5)29(39)22(4)17-35(7,44-10)31(20(2)16-21(3)32(41)47-27)48-33-26(37)15-14-24(46-33)12-13-25-18-34(6,43-9)19-28(38)45-25/h14-15,20-28,30-31,33,37-38,40,42H,11-13,16-19H2,1-10H3/t20-,21+,22+,23-,24+,25-,26+,27+,28+,30+,31?,33?,34-,35+,36+/m0/s1. The molecule has 48 heavy (non-hydrogen) atoms. The highest BCUT2D eigenvalue weighted by atomic mass is 16.7. The molecule has 12 nitrogen and oxygen atoms in total. The first kappa shape index (κ1) is 40.9. The second-order valence-corrected chi connectivity index (χ2v) is 15.3. The van der Waals surface area contributed by atoms with E-state index in [0.29, 0.717) is 32.1 Å². The Morgan fingerprint density at radius 1 is 0.896 bits per heavy atom. The summed E-state index contributed by atoms with van der Waals surface area (Å²) in [4.78, 5) is 27.0. The van der Waals surface area contributed by atoms with Crippen molar-refractivity contribution in [1.29, 1.82) is 0 Å². The molecule has 0 aromatic heterocycles. The van der Waals surface area contributed by atoms with Crippen molar-refractivity contribution in [1.82, 2.24) is 0 Å². The zero-order valence-electron chi connectivity index (χ0n) is 30.6. The third-order valence-corrected chi connectivity index (χ3v) is 11.0. The fourth-order valence-corrected chi connectivity index (χ4v) is 7.84. The van der Waals surface area contributed by atoms with E-state index in [4.69, 9.17) is 28.4 Å². The number of Topliss-reactive ketones (excluding diaryl/α,β-unsaturated/α-hetero) is 1. The number of esters is 1. The van der Waals surface area contributed by atoms with Crippen molar-refractivity contribution in [3.05, 3.63) is 12.2 Å². The number of carbonyl (C=O) groups is 2. The second kappa shape index (κ2) is 16.7. The van der Waals surface area contributed by atoms with Crippen LogP contribution in [0.1, 0.15) is 100 Å². The number of cyclic esters (lactones) is 1. The number of hydrogen-bond donors (Lipinski definition) is 4. The van der Waals surface area contributed by atoms with Gasteiger partial charge in [-0.15, -0.1) is 0 Å². The highest BCUT2D eigenvalue weighted by molar-refractivity contribution is 5.83. The third-order valence-electron chi connectivity index (χ3n) is 11.0. The van der Waals surface area contributed by atoms with Crippen LogP contribution in [-0.4, -0.2) is 112 Å². The van der Waals surface area contributed by atoms with E-state index < -0.39 is 83.6 Å². The summed E-state index contributed by atoms with van der Waals surface area (Å²) in [5, 5.41) is 43.8. The first-order valence-electron chi connectivity index (χ1n) is 17.6. The molecule has 3 rings (SSSR count). The Balaban J connectivity index is 1.86. The number of methoxy groups -OCH3 is 2. The molecule has 12 heteroatoms. The van der Waals surface area contributed by atoms with Crippen molar-refractivity contribution >= 4 is 11.8 Å². The molecule has 3 aliphatic rings. The lowest BCUT2D eigenvalue weighted by Crippen LogP contribution is -2.57. The number of rotatable bonds is 8. The molecular formula is C36H62O12. The van der Waals surface area contributed by atoms with Crippen LogP contribution in [0.4, 0.5) is 0 Å². The molecule has 4 N–H and O–H groups in total. The van der Waals surface area contributed by atoms with E-state index in [1.807, 2.05) is 20.8 Å². The van der Waals surface area contributed by atoms with Crippen LogP contribution in [-0.2, 0) is 38.0 Å². The first-order chi connectivity index (χ1) is 22.3. The minimum Gasteiger partial charge on any atom is -0.459 e. The van der Waals surface area contributed by atoms with Crippen LogP contribution >= 0.6 is 0 Å². The summed E-state index contributed by atoms with van der Waals surface area (Å²) in [6.07, 6.45) is -0.667. The maximum atomic E-state index is 13.7. The maximum absolute atomic E-state index is 13.7. The molecule has 0 saturated carbocycles. The van der Waals surface area contributed by atoms with E-state index in [1.54, 1.807) is 47.0 Å². The van der Waals surface area contributed by atoms with Crippen LogP contribution in [0.3, 0.4) is 0 Å². The number of ether oxygens (including phenoxy) is 6. The Morgan fingerprint density at radius 3 is 2.17 bits per heavy atom. The van der Waals surface area contributed by atoms with Gasteiger partial charge in [-0.3, -0.25) is 9.59 Å². The van der Waals surface area contributed by atoms with E-state index in [0.717, 1.165) is 0 Å². The van der Waals surface area contributed by atoms with E-state index in [1.165, 1.54) is 14.0 Å². The zero-order chi connectivity index (χ0) is 36.2. The normalized spacial score (nSPS) is 47.0. The Labute approximate surface area is 286 Å². The van der Waals surface area contributed by atoms with Gasteiger partial charge in [0.25, 0.3) is 0 Å². The highest BCUT2D eigenvalue weighted by Gasteiger charge is 2.49. The Hall–Kier alpha value is -1.48. The number of hydrogen-bond acceptors (Lipinski definition) is 12. The van der Waals surface area contributed by atoms with Gasteiger partial charge in [0.05, 0.1) is 41.5 Å². The highest BCUT2D eigenvalue weighted by Crippen LogP contribution is 2.39. The van der Waals surface area contributed by atoms with Crippen molar-refractivity contribution in [3.63, 3.8) is 0 Å². The smallest absolute Gasteiger partial charge is 0.309 e. The van der Waals surface area contributed by atoms with E-state index >= 15 is 0 Å². The van der Waals surface area contributed by atoms with Crippen LogP contribution in [0.2, 0.25) is 0 Å². The van der Waals surface area contributed by atoms with Gasteiger partial charge >= 0.3 is 5.97 Å². The molecule has 2 saturated heterocycles. The molecule has 0 aromatic carbocycles. The lowest BCUT2D eigenvalue weighted by Gasteiger charge is -2.45. The van der Waals surface area contributed by atoms with Gasteiger partial charge in [-0.25, -0.2) is 0 Å². The minimum atomic E-state index is -1.85. The molecule has 2 fully saturated rings. The van der Waals surface area contributed by atoms with E-state index in [-0.39, 0.29) is 30.6 Å². The van der Waals surface area contributed by atoms with Gasteiger partial charge in [0.2, 0.25) is 0 Å². The number of aliphatic hydroxyl groups excluding tert-OH is 3. The number of ketones is 1. The molecule has 3 heterocycles. The van der Waals surface area contributed by atoms with Crippen LogP contribution < -0.4 is 0 Å². The fraction of sp³-hybridized carbons (Fsp3) is 0.889. The molecular weight excluding hydrogens is 624 g/mol. The molecule has 278 valence electrons. The van der Waals surface area contributed by atoms with Gasteiger partial charge in [-0.05, 0) is 58.8 Å². The molecule has 0 radical (unpaired) electrons. The van der Waals surface area contributed by atoms with Crippen molar-refractivity contribution in [2.24, 2.45) is 23.7 Å². The van der Waals surface area contributed by atoms with Crippen LogP contribution in [0.15, 0.2) is 12.2 Å².